The molecule has 0 aliphatic carbocycles. The third kappa shape index (κ3) is 2.87. The summed E-state index contributed by atoms with van der Waals surface area (Å²) in [6, 6.07) is 17.2. The van der Waals surface area contributed by atoms with Crippen molar-refractivity contribution in [3.8, 4) is 17.0 Å². The van der Waals surface area contributed by atoms with Crippen molar-refractivity contribution in [2.24, 2.45) is 0 Å². The van der Waals surface area contributed by atoms with Gasteiger partial charge in [-0.3, -0.25) is 0 Å². The molecule has 3 heterocycles. The van der Waals surface area contributed by atoms with Crippen LogP contribution in [0.3, 0.4) is 0 Å². The van der Waals surface area contributed by atoms with Crippen molar-refractivity contribution in [1.82, 2.24) is 15.1 Å². The molecule has 1 atom stereocenters. The van der Waals surface area contributed by atoms with Crippen molar-refractivity contribution in [3.05, 3.63) is 76.8 Å². The van der Waals surface area contributed by atoms with Gasteiger partial charge in [0.2, 0.25) is 0 Å². The van der Waals surface area contributed by atoms with E-state index in [1.807, 2.05) is 12.1 Å². The van der Waals surface area contributed by atoms with E-state index in [1.165, 1.54) is 26.8 Å². The van der Waals surface area contributed by atoms with Crippen LogP contribution in [0.25, 0.3) is 21.3 Å². The number of nitrogens with zero attached hydrogens (tertiary/aromatic N) is 3. The van der Waals surface area contributed by atoms with E-state index in [0.717, 1.165) is 30.1 Å². The SMILES string of the molecule is COc1c(C2CN(C)Cc3cc(-c4cccnn4)ccc32)ccc2ccsc12. The molecule has 0 saturated carbocycles. The molecule has 0 spiro atoms. The van der Waals surface area contributed by atoms with E-state index in [4.69, 9.17) is 4.74 Å². The van der Waals surface area contributed by atoms with Gasteiger partial charge in [0, 0.05) is 36.3 Å². The number of rotatable bonds is 3. The van der Waals surface area contributed by atoms with Gasteiger partial charge >= 0.3 is 0 Å². The van der Waals surface area contributed by atoms with E-state index in [1.54, 1.807) is 24.6 Å². The zero-order valence-corrected chi connectivity index (χ0v) is 16.7. The highest BCUT2D eigenvalue weighted by atomic mass is 32.1. The predicted octanol–water partition coefficient (Wildman–Crippen LogP) is 4.94. The smallest absolute Gasteiger partial charge is 0.140 e. The lowest BCUT2D eigenvalue weighted by molar-refractivity contribution is 0.292. The maximum atomic E-state index is 5.89. The van der Waals surface area contributed by atoms with Gasteiger partial charge in [-0.05, 0) is 53.2 Å². The second-order valence-corrected chi connectivity index (χ2v) is 8.21. The number of hydrogen-bond acceptors (Lipinski definition) is 5. The van der Waals surface area contributed by atoms with Crippen LogP contribution < -0.4 is 4.74 Å². The number of fused-ring (bicyclic) bond motifs is 2. The van der Waals surface area contributed by atoms with Crippen LogP contribution in [0.1, 0.15) is 22.6 Å². The second kappa shape index (κ2) is 7.00. The average molecular weight is 388 g/mol. The molecule has 1 unspecified atom stereocenters. The Morgan fingerprint density at radius 2 is 2.00 bits per heavy atom. The summed E-state index contributed by atoms with van der Waals surface area (Å²) >= 11 is 1.74. The monoisotopic (exact) mass is 387 g/mol. The molecule has 28 heavy (non-hydrogen) atoms. The summed E-state index contributed by atoms with van der Waals surface area (Å²) in [5.74, 6) is 1.29. The molecule has 0 bridgehead atoms. The fourth-order valence-corrected chi connectivity index (χ4v) is 5.17. The molecular weight excluding hydrogens is 366 g/mol. The van der Waals surface area contributed by atoms with Crippen LogP contribution in [0.4, 0.5) is 0 Å². The van der Waals surface area contributed by atoms with E-state index in [2.05, 4.69) is 63.9 Å². The Balaban J connectivity index is 1.64. The van der Waals surface area contributed by atoms with Crippen LogP contribution in [0, 0.1) is 0 Å². The molecule has 0 amide bonds. The Kier molecular flexibility index (Phi) is 4.34. The highest BCUT2D eigenvalue weighted by Crippen LogP contribution is 2.43. The van der Waals surface area contributed by atoms with Gasteiger partial charge < -0.3 is 9.64 Å². The van der Waals surface area contributed by atoms with Crippen LogP contribution in [0.2, 0.25) is 0 Å². The normalized spacial score (nSPS) is 16.9. The Hall–Kier alpha value is -2.76. The summed E-state index contributed by atoms with van der Waals surface area (Å²) in [7, 11) is 3.96. The third-order valence-electron chi connectivity index (χ3n) is 5.51. The molecule has 4 nitrogen and oxygen atoms in total. The molecule has 0 fully saturated rings. The molecule has 5 rings (SSSR count). The first-order valence-electron chi connectivity index (χ1n) is 9.38. The molecule has 0 saturated heterocycles. The fraction of sp³-hybridized carbons (Fsp3) is 0.217. The molecule has 0 radical (unpaired) electrons. The largest absolute Gasteiger partial charge is 0.495 e. The standard InChI is InChI=1S/C23H21N3OS/c1-26-13-17-12-16(21-4-3-10-24-25-21)6-7-18(17)20(14-26)19-8-5-15-9-11-28-23(15)22(19)27-2/h3-12,20H,13-14H2,1-2H3. The second-order valence-electron chi connectivity index (χ2n) is 7.30. The number of benzene rings is 2. The van der Waals surface area contributed by atoms with E-state index in [9.17, 15) is 0 Å². The molecule has 0 N–H and O–H groups in total. The van der Waals surface area contributed by atoms with Gasteiger partial charge in [-0.1, -0.05) is 24.3 Å². The zero-order valence-electron chi connectivity index (χ0n) is 15.9. The first kappa shape index (κ1) is 17.3. The van der Waals surface area contributed by atoms with Crippen LogP contribution in [0.15, 0.2) is 60.1 Å². The Labute approximate surface area is 168 Å². The molecule has 1 aliphatic rings. The zero-order chi connectivity index (χ0) is 19.1. The first-order chi connectivity index (χ1) is 13.7. The third-order valence-corrected chi connectivity index (χ3v) is 6.44. The lowest BCUT2D eigenvalue weighted by atomic mass is 9.83. The molecule has 4 aromatic rings. The molecular formula is C23H21N3OS. The summed E-state index contributed by atoms with van der Waals surface area (Å²) in [4.78, 5) is 2.38. The van der Waals surface area contributed by atoms with Crippen molar-refractivity contribution in [2.45, 2.75) is 12.5 Å². The molecule has 140 valence electrons. The van der Waals surface area contributed by atoms with Crippen molar-refractivity contribution >= 4 is 21.4 Å². The summed E-state index contributed by atoms with van der Waals surface area (Å²) in [5, 5.41) is 11.7. The van der Waals surface area contributed by atoms with Gasteiger partial charge in [0.05, 0.1) is 17.5 Å². The van der Waals surface area contributed by atoms with Gasteiger partial charge in [-0.15, -0.1) is 11.3 Å². The van der Waals surface area contributed by atoms with Crippen LogP contribution in [-0.2, 0) is 6.54 Å². The van der Waals surface area contributed by atoms with E-state index in [0.29, 0.717) is 0 Å². The predicted molar refractivity (Wildman–Crippen MR) is 114 cm³/mol. The van der Waals surface area contributed by atoms with Crippen LogP contribution in [-0.4, -0.2) is 35.8 Å². The van der Waals surface area contributed by atoms with Crippen molar-refractivity contribution < 1.29 is 4.74 Å². The van der Waals surface area contributed by atoms with Crippen molar-refractivity contribution in [1.29, 1.82) is 0 Å². The first-order valence-corrected chi connectivity index (χ1v) is 10.3. The lowest BCUT2D eigenvalue weighted by Gasteiger charge is -2.33. The summed E-state index contributed by atoms with van der Waals surface area (Å²) < 4.78 is 7.11. The minimum Gasteiger partial charge on any atom is -0.495 e. The van der Waals surface area contributed by atoms with Crippen molar-refractivity contribution in [2.75, 3.05) is 20.7 Å². The Morgan fingerprint density at radius 1 is 1.11 bits per heavy atom. The number of aromatic nitrogens is 2. The highest BCUT2D eigenvalue weighted by molar-refractivity contribution is 7.17. The van der Waals surface area contributed by atoms with Crippen LogP contribution >= 0.6 is 11.3 Å². The molecule has 5 heteroatoms. The number of methoxy groups -OCH3 is 1. The number of likely N-dealkylation sites (N-methyl/N-ethyl adjacent to an activating group) is 1. The van der Waals surface area contributed by atoms with Gasteiger partial charge in [0.1, 0.15) is 5.75 Å². The van der Waals surface area contributed by atoms with Crippen molar-refractivity contribution in [3.63, 3.8) is 0 Å². The maximum absolute atomic E-state index is 5.89. The number of ether oxygens (including phenoxy) is 1. The molecule has 2 aromatic carbocycles. The van der Waals surface area contributed by atoms with Gasteiger partial charge in [0.15, 0.2) is 0 Å². The van der Waals surface area contributed by atoms with Gasteiger partial charge in [-0.25, -0.2) is 0 Å². The highest BCUT2D eigenvalue weighted by Gasteiger charge is 2.28. The van der Waals surface area contributed by atoms with E-state index >= 15 is 0 Å². The van der Waals surface area contributed by atoms with E-state index in [-0.39, 0.29) is 5.92 Å². The van der Waals surface area contributed by atoms with Gasteiger partial charge in [0.25, 0.3) is 0 Å². The molecule has 1 aliphatic heterocycles. The fourth-order valence-electron chi connectivity index (χ4n) is 4.23. The summed E-state index contributed by atoms with van der Waals surface area (Å²) in [6.45, 7) is 1.91. The lowest BCUT2D eigenvalue weighted by Crippen LogP contribution is -2.31. The van der Waals surface area contributed by atoms with Crippen LogP contribution in [0.5, 0.6) is 5.75 Å². The maximum Gasteiger partial charge on any atom is 0.140 e. The quantitative estimate of drug-likeness (QED) is 0.499. The minimum absolute atomic E-state index is 0.283. The Morgan fingerprint density at radius 3 is 2.82 bits per heavy atom. The minimum atomic E-state index is 0.283. The molecule has 2 aromatic heterocycles. The summed E-state index contributed by atoms with van der Waals surface area (Å²) in [5.41, 5.74) is 6.00. The number of hydrogen-bond donors (Lipinski definition) is 0. The topological polar surface area (TPSA) is 38.2 Å². The summed E-state index contributed by atoms with van der Waals surface area (Å²) in [6.07, 6.45) is 1.71. The average Bonchev–Trinajstić information content (AvgIpc) is 3.21. The Bertz CT molecular complexity index is 1140. The van der Waals surface area contributed by atoms with E-state index < -0.39 is 0 Å². The van der Waals surface area contributed by atoms with Gasteiger partial charge in [-0.2, -0.15) is 10.2 Å². The number of thiophene rings is 1.